The first-order valence-corrected chi connectivity index (χ1v) is 5.15. The summed E-state index contributed by atoms with van der Waals surface area (Å²) in [5.74, 6) is -0.255. The fourth-order valence-corrected chi connectivity index (χ4v) is 2.76. The zero-order chi connectivity index (χ0) is 11.1. The van der Waals surface area contributed by atoms with Crippen LogP contribution in [0.2, 0.25) is 0 Å². The maximum absolute atomic E-state index is 13.6. The highest BCUT2D eigenvalue weighted by Crippen LogP contribution is 2.55. The van der Waals surface area contributed by atoms with Crippen molar-refractivity contribution in [3.63, 3.8) is 0 Å². The van der Waals surface area contributed by atoms with Gasteiger partial charge < -0.3 is 0 Å². The minimum absolute atomic E-state index is 0.165. The van der Waals surface area contributed by atoms with Gasteiger partial charge in [0, 0.05) is 5.56 Å². The Balaban J connectivity index is 2.39. The molecule has 0 aliphatic heterocycles. The fraction of sp³-hybridized carbons (Fsp3) is 0.462. The van der Waals surface area contributed by atoms with Crippen molar-refractivity contribution in [1.82, 2.24) is 0 Å². The molecule has 0 amide bonds. The minimum Gasteiger partial charge on any atom is -0.207 e. The lowest BCUT2D eigenvalue weighted by Crippen LogP contribution is -2.46. The molecule has 2 rings (SSSR count). The Morgan fingerprint density at radius 2 is 1.87 bits per heavy atom. The molecule has 2 heteroatoms. The Bertz CT molecular complexity index is 420. The lowest BCUT2D eigenvalue weighted by molar-refractivity contribution is 0.0971. The van der Waals surface area contributed by atoms with E-state index in [4.69, 9.17) is 0 Å². The minimum atomic E-state index is -0.588. The van der Waals surface area contributed by atoms with Crippen molar-refractivity contribution in [3.8, 4) is 6.07 Å². The van der Waals surface area contributed by atoms with Gasteiger partial charge >= 0.3 is 0 Å². The summed E-state index contributed by atoms with van der Waals surface area (Å²) in [6.07, 6.45) is 1.49. The van der Waals surface area contributed by atoms with E-state index in [1.165, 1.54) is 6.07 Å². The van der Waals surface area contributed by atoms with E-state index in [1.54, 1.807) is 18.2 Å². The van der Waals surface area contributed by atoms with Crippen molar-refractivity contribution in [2.24, 2.45) is 5.41 Å². The normalized spacial score (nSPS) is 21.5. The summed E-state index contributed by atoms with van der Waals surface area (Å²) in [6, 6.07) is 8.90. The van der Waals surface area contributed by atoms with Crippen LogP contribution in [0.15, 0.2) is 24.3 Å². The van der Waals surface area contributed by atoms with Gasteiger partial charge in [-0.2, -0.15) is 5.26 Å². The highest BCUT2D eigenvalue weighted by molar-refractivity contribution is 5.38. The largest absolute Gasteiger partial charge is 0.207 e. The topological polar surface area (TPSA) is 23.8 Å². The number of nitriles is 1. The molecule has 0 spiro atoms. The van der Waals surface area contributed by atoms with E-state index in [2.05, 4.69) is 19.9 Å². The Morgan fingerprint density at radius 1 is 1.27 bits per heavy atom. The SMILES string of the molecule is CC1(C)CC(C#N)(c2ccccc2F)C1. The number of halogens is 1. The summed E-state index contributed by atoms with van der Waals surface area (Å²) >= 11 is 0. The Morgan fingerprint density at radius 3 is 2.33 bits per heavy atom. The summed E-state index contributed by atoms with van der Waals surface area (Å²) in [6.45, 7) is 4.23. The predicted molar refractivity (Wildman–Crippen MR) is 56.7 cm³/mol. The van der Waals surface area contributed by atoms with Gasteiger partial charge in [0.25, 0.3) is 0 Å². The van der Waals surface area contributed by atoms with Crippen molar-refractivity contribution in [2.75, 3.05) is 0 Å². The third kappa shape index (κ3) is 1.52. The average Bonchev–Trinajstić information content (AvgIpc) is 2.14. The molecule has 1 saturated carbocycles. The molecule has 0 aromatic heterocycles. The number of nitrogens with zero attached hydrogens (tertiary/aromatic N) is 1. The molecule has 1 aliphatic rings. The van der Waals surface area contributed by atoms with Crippen LogP contribution in [-0.2, 0) is 5.41 Å². The Kier molecular flexibility index (Phi) is 2.08. The number of hydrogen-bond donors (Lipinski definition) is 0. The molecule has 0 heterocycles. The van der Waals surface area contributed by atoms with E-state index in [9.17, 15) is 9.65 Å². The molecule has 0 N–H and O–H groups in total. The number of rotatable bonds is 1. The average molecular weight is 203 g/mol. The summed E-state index contributed by atoms with van der Waals surface area (Å²) in [5, 5.41) is 9.23. The van der Waals surface area contributed by atoms with Gasteiger partial charge in [-0.15, -0.1) is 0 Å². The van der Waals surface area contributed by atoms with Crippen LogP contribution < -0.4 is 0 Å². The fourth-order valence-electron chi connectivity index (χ4n) is 2.76. The van der Waals surface area contributed by atoms with Crippen LogP contribution in [0.5, 0.6) is 0 Å². The van der Waals surface area contributed by atoms with Gasteiger partial charge in [0.1, 0.15) is 5.82 Å². The van der Waals surface area contributed by atoms with Crippen LogP contribution >= 0.6 is 0 Å². The zero-order valence-electron chi connectivity index (χ0n) is 9.05. The van der Waals surface area contributed by atoms with Gasteiger partial charge in [0.2, 0.25) is 0 Å². The number of hydrogen-bond acceptors (Lipinski definition) is 1. The lowest BCUT2D eigenvalue weighted by Gasteiger charge is -2.49. The predicted octanol–water partition coefficient (Wildman–Crippen LogP) is 3.41. The van der Waals surface area contributed by atoms with E-state index in [1.807, 2.05) is 0 Å². The third-order valence-electron chi connectivity index (χ3n) is 3.16. The monoisotopic (exact) mass is 203 g/mol. The second-order valence-corrected chi connectivity index (χ2v) is 5.19. The maximum atomic E-state index is 13.6. The molecule has 0 saturated heterocycles. The second-order valence-electron chi connectivity index (χ2n) is 5.19. The molecule has 78 valence electrons. The summed E-state index contributed by atoms with van der Waals surface area (Å²) in [7, 11) is 0. The maximum Gasteiger partial charge on any atom is 0.128 e. The van der Waals surface area contributed by atoms with E-state index in [-0.39, 0.29) is 11.2 Å². The summed E-state index contributed by atoms with van der Waals surface area (Å²) in [5.41, 5.74) is 0.138. The zero-order valence-corrected chi connectivity index (χ0v) is 9.05. The molecule has 0 unspecified atom stereocenters. The third-order valence-corrected chi connectivity index (χ3v) is 3.16. The highest BCUT2D eigenvalue weighted by atomic mass is 19.1. The standard InChI is InChI=1S/C13H14FN/c1-12(2)7-13(8-12,9-15)10-5-3-4-6-11(10)14/h3-6H,7-8H2,1-2H3. The van der Waals surface area contributed by atoms with Crippen molar-refractivity contribution >= 4 is 0 Å². The molecular formula is C13H14FN. The van der Waals surface area contributed by atoms with Gasteiger partial charge in [0.05, 0.1) is 11.5 Å². The van der Waals surface area contributed by atoms with Crippen molar-refractivity contribution in [2.45, 2.75) is 32.1 Å². The van der Waals surface area contributed by atoms with Crippen molar-refractivity contribution in [3.05, 3.63) is 35.6 Å². The Labute approximate surface area is 89.5 Å². The van der Waals surface area contributed by atoms with Gasteiger partial charge in [-0.05, 0) is 24.3 Å². The van der Waals surface area contributed by atoms with Crippen molar-refractivity contribution < 1.29 is 4.39 Å². The quantitative estimate of drug-likeness (QED) is 0.686. The van der Waals surface area contributed by atoms with Crippen molar-refractivity contribution in [1.29, 1.82) is 5.26 Å². The molecule has 1 aromatic rings. The molecule has 1 aromatic carbocycles. The van der Waals surface area contributed by atoms with E-state index < -0.39 is 5.41 Å². The first-order chi connectivity index (χ1) is 6.99. The van der Waals surface area contributed by atoms with E-state index in [0.29, 0.717) is 5.56 Å². The first kappa shape index (κ1) is 10.2. The van der Waals surface area contributed by atoms with Gasteiger partial charge in [0.15, 0.2) is 0 Å². The second kappa shape index (κ2) is 3.06. The summed E-state index contributed by atoms with van der Waals surface area (Å²) in [4.78, 5) is 0. The van der Waals surface area contributed by atoms with Gasteiger partial charge in [-0.25, -0.2) is 4.39 Å². The number of benzene rings is 1. The van der Waals surface area contributed by atoms with E-state index in [0.717, 1.165) is 12.8 Å². The smallest absolute Gasteiger partial charge is 0.128 e. The molecule has 0 atom stereocenters. The molecular weight excluding hydrogens is 189 g/mol. The Hall–Kier alpha value is -1.36. The summed E-state index contributed by atoms with van der Waals surface area (Å²) < 4.78 is 13.6. The van der Waals surface area contributed by atoms with Crippen LogP contribution in [0.3, 0.4) is 0 Å². The molecule has 1 nitrogen and oxygen atoms in total. The molecule has 1 fully saturated rings. The lowest BCUT2D eigenvalue weighted by atomic mass is 9.52. The van der Waals surface area contributed by atoms with Crippen LogP contribution in [0.4, 0.5) is 4.39 Å². The van der Waals surface area contributed by atoms with Crippen LogP contribution in [0.25, 0.3) is 0 Å². The van der Waals surface area contributed by atoms with Gasteiger partial charge in [-0.1, -0.05) is 32.0 Å². The molecule has 15 heavy (non-hydrogen) atoms. The van der Waals surface area contributed by atoms with Crippen LogP contribution in [-0.4, -0.2) is 0 Å². The highest BCUT2D eigenvalue weighted by Gasteiger charge is 2.51. The molecule has 0 bridgehead atoms. The van der Waals surface area contributed by atoms with Gasteiger partial charge in [-0.3, -0.25) is 0 Å². The molecule has 0 radical (unpaired) electrons. The first-order valence-electron chi connectivity index (χ1n) is 5.15. The van der Waals surface area contributed by atoms with E-state index >= 15 is 0 Å². The molecule has 1 aliphatic carbocycles. The van der Waals surface area contributed by atoms with Crippen LogP contribution in [0, 0.1) is 22.6 Å². The van der Waals surface area contributed by atoms with Crippen LogP contribution in [0.1, 0.15) is 32.3 Å².